The van der Waals surface area contributed by atoms with Crippen LogP contribution in [0.1, 0.15) is 43.0 Å². The second kappa shape index (κ2) is 5.16. The third-order valence-corrected chi connectivity index (χ3v) is 4.89. The van der Waals surface area contributed by atoms with Gasteiger partial charge in [0.2, 0.25) is 0 Å². The first-order chi connectivity index (χ1) is 9.13. The van der Waals surface area contributed by atoms with Gasteiger partial charge < -0.3 is 4.74 Å². The van der Waals surface area contributed by atoms with Crippen molar-refractivity contribution in [2.75, 3.05) is 6.61 Å². The summed E-state index contributed by atoms with van der Waals surface area (Å²) in [6.07, 6.45) is 5.45. The molecule has 3 unspecified atom stereocenters. The van der Waals surface area contributed by atoms with Crippen LogP contribution in [0.25, 0.3) is 0 Å². The molecule has 0 heterocycles. The Kier molecular flexibility index (Phi) is 3.53. The maximum Gasteiger partial charge on any atom is 0.163 e. The number of hydrogen-bond donors (Lipinski definition) is 0. The van der Waals surface area contributed by atoms with Crippen LogP contribution < -0.4 is 4.74 Å². The summed E-state index contributed by atoms with van der Waals surface area (Å²) in [6, 6.07) is 5.29. The van der Waals surface area contributed by atoms with Crippen LogP contribution in [0, 0.1) is 17.8 Å². The van der Waals surface area contributed by atoms with E-state index >= 15 is 0 Å². The summed E-state index contributed by atoms with van der Waals surface area (Å²) in [5, 5.41) is 0.581. The molecule has 2 nitrogen and oxygen atoms in total. The molecule has 0 aliphatic heterocycles. The number of Topliss-reactive ketones (excluding diaryl/α,β-unsaturated/α-hetero) is 1. The first kappa shape index (κ1) is 13.0. The van der Waals surface area contributed by atoms with Crippen LogP contribution in [0.3, 0.4) is 0 Å². The zero-order chi connectivity index (χ0) is 13.4. The number of benzene rings is 1. The van der Waals surface area contributed by atoms with Crippen molar-refractivity contribution < 1.29 is 9.53 Å². The largest absolute Gasteiger partial charge is 0.493 e. The Labute approximate surface area is 119 Å². The van der Waals surface area contributed by atoms with Gasteiger partial charge in [0, 0.05) is 5.02 Å². The molecule has 2 aliphatic rings. The summed E-state index contributed by atoms with van der Waals surface area (Å²) in [5.74, 6) is 3.13. The molecule has 102 valence electrons. The van der Waals surface area contributed by atoms with Crippen molar-refractivity contribution in [3.63, 3.8) is 0 Å². The second-order valence-electron chi connectivity index (χ2n) is 5.94. The maximum atomic E-state index is 11.6. The molecule has 0 radical (unpaired) electrons. The number of carbonyl (C=O) groups excluding carboxylic acids is 1. The predicted octanol–water partition coefficient (Wildman–Crippen LogP) is 4.36. The average molecular weight is 279 g/mol. The molecule has 2 bridgehead atoms. The summed E-state index contributed by atoms with van der Waals surface area (Å²) in [4.78, 5) is 11.6. The lowest BCUT2D eigenvalue weighted by Gasteiger charge is -2.22. The van der Waals surface area contributed by atoms with Crippen LogP contribution in [-0.4, -0.2) is 12.4 Å². The number of hydrogen-bond acceptors (Lipinski definition) is 2. The summed E-state index contributed by atoms with van der Waals surface area (Å²) < 4.78 is 5.91. The van der Waals surface area contributed by atoms with Gasteiger partial charge in [0.1, 0.15) is 5.75 Å². The van der Waals surface area contributed by atoms with Crippen molar-refractivity contribution in [1.29, 1.82) is 0 Å². The van der Waals surface area contributed by atoms with E-state index in [1.807, 2.05) is 6.07 Å². The third-order valence-electron chi connectivity index (χ3n) is 4.66. The van der Waals surface area contributed by atoms with E-state index in [1.165, 1.54) is 25.7 Å². The molecule has 3 rings (SSSR count). The SMILES string of the molecule is CC(=O)c1cc(Cl)ccc1OCC1CC2CCC1C2. The number of halogens is 1. The predicted molar refractivity (Wildman–Crippen MR) is 75.9 cm³/mol. The van der Waals surface area contributed by atoms with Crippen LogP contribution in [-0.2, 0) is 0 Å². The molecule has 0 saturated heterocycles. The molecule has 2 aliphatic carbocycles. The Bertz CT molecular complexity index is 498. The molecular weight excluding hydrogens is 260 g/mol. The van der Waals surface area contributed by atoms with Gasteiger partial charge in [0.05, 0.1) is 12.2 Å². The van der Waals surface area contributed by atoms with Crippen LogP contribution in [0.5, 0.6) is 5.75 Å². The van der Waals surface area contributed by atoms with E-state index in [1.54, 1.807) is 19.1 Å². The highest BCUT2D eigenvalue weighted by molar-refractivity contribution is 6.31. The Morgan fingerprint density at radius 1 is 1.37 bits per heavy atom. The highest BCUT2D eigenvalue weighted by Crippen LogP contribution is 2.48. The molecule has 2 fully saturated rings. The van der Waals surface area contributed by atoms with Gasteiger partial charge in [-0.2, -0.15) is 0 Å². The van der Waals surface area contributed by atoms with Crippen LogP contribution in [0.15, 0.2) is 18.2 Å². The fourth-order valence-corrected chi connectivity index (χ4v) is 3.85. The minimum Gasteiger partial charge on any atom is -0.493 e. The molecule has 1 aromatic carbocycles. The van der Waals surface area contributed by atoms with E-state index in [0.717, 1.165) is 18.4 Å². The van der Waals surface area contributed by atoms with Gasteiger partial charge in [0.25, 0.3) is 0 Å². The summed E-state index contributed by atoms with van der Waals surface area (Å²) in [6.45, 7) is 2.29. The van der Waals surface area contributed by atoms with Gasteiger partial charge in [-0.15, -0.1) is 0 Å². The average Bonchev–Trinajstić information content (AvgIpc) is 2.99. The van der Waals surface area contributed by atoms with Gasteiger partial charge in [0.15, 0.2) is 5.78 Å². The van der Waals surface area contributed by atoms with Crippen LogP contribution in [0.2, 0.25) is 5.02 Å². The van der Waals surface area contributed by atoms with Crippen molar-refractivity contribution in [1.82, 2.24) is 0 Å². The van der Waals surface area contributed by atoms with Gasteiger partial charge in [-0.1, -0.05) is 18.0 Å². The minimum absolute atomic E-state index is 0.00504. The number of carbonyl (C=O) groups is 1. The standard InChI is InChI=1S/C16H19ClO2/c1-10(18)15-8-14(17)4-5-16(15)19-9-13-7-11-2-3-12(13)6-11/h4-5,8,11-13H,2-3,6-7,9H2,1H3. The smallest absolute Gasteiger partial charge is 0.163 e. The lowest BCUT2D eigenvalue weighted by atomic mass is 9.89. The monoisotopic (exact) mass is 278 g/mol. The highest BCUT2D eigenvalue weighted by Gasteiger charge is 2.39. The van der Waals surface area contributed by atoms with Gasteiger partial charge in [-0.25, -0.2) is 0 Å². The number of ether oxygens (including phenoxy) is 1. The Morgan fingerprint density at radius 3 is 2.84 bits per heavy atom. The highest BCUT2D eigenvalue weighted by atomic mass is 35.5. The molecular formula is C16H19ClO2. The Hall–Kier alpha value is -1.02. The van der Waals surface area contributed by atoms with Gasteiger partial charge in [-0.3, -0.25) is 4.79 Å². The molecule has 0 spiro atoms. The first-order valence-electron chi connectivity index (χ1n) is 7.07. The zero-order valence-corrected chi connectivity index (χ0v) is 12.0. The molecule has 1 aromatic rings. The van der Waals surface area contributed by atoms with E-state index in [9.17, 15) is 4.79 Å². The van der Waals surface area contributed by atoms with E-state index < -0.39 is 0 Å². The van der Waals surface area contributed by atoms with E-state index in [2.05, 4.69) is 0 Å². The third kappa shape index (κ3) is 2.64. The molecule has 2 saturated carbocycles. The lowest BCUT2D eigenvalue weighted by Crippen LogP contribution is -2.19. The summed E-state index contributed by atoms with van der Waals surface area (Å²) in [5.41, 5.74) is 0.593. The summed E-state index contributed by atoms with van der Waals surface area (Å²) >= 11 is 5.93. The Balaban J connectivity index is 1.68. The summed E-state index contributed by atoms with van der Waals surface area (Å²) in [7, 11) is 0. The number of ketones is 1. The molecule has 19 heavy (non-hydrogen) atoms. The van der Waals surface area contributed by atoms with Crippen molar-refractivity contribution in [3.05, 3.63) is 28.8 Å². The fraction of sp³-hybridized carbons (Fsp3) is 0.562. The van der Waals surface area contributed by atoms with E-state index in [-0.39, 0.29) is 5.78 Å². The van der Waals surface area contributed by atoms with Crippen molar-refractivity contribution in [2.24, 2.45) is 17.8 Å². The Morgan fingerprint density at radius 2 is 2.21 bits per heavy atom. The van der Waals surface area contributed by atoms with Crippen LogP contribution in [0.4, 0.5) is 0 Å². The first-order valence-corrected chi connectivity index (χ1v) is 7.44. The quantitative estimate of drug-likeness (QED) is 0.765. The van der Waals surface area contributed by atoms with Gasteiger partial charge in [-0.05, 0) is 62.1 Å². The number of rotatable bonds is 4. The maximum absolute atomic E-state index is 11.6. The van der Waals surface area contributed by atoms with Crippen molar-refractivity contribution >= 4 is 17.4 Å². The fourth-order valence-electron chi connectivity index (χ4n) is 3.68. The minimum atomic E-state index is 0.00504. The zero-order valence-electron chi connectivity index (χ0n) is 11.2. The second-order valence-corrected chi connectivity index (χ2v) is 6.38. The lowest BCUT2D eigenvalue weighted by molar-refractivity contribution is 0.101. The van der Waals surface area contributed by atoms with Crippen molar-refractivity contribution in [2.45, 2.75) is 32.6 Å². The van der Waals surface area contributed by atoms with Gasteiger partial charge >= 0.3 is 0 Å². The van der Waals surface area contributed by atoms with E-state index in [0.29, 0.717) is 22.3 Å². The molecule has 0 aromatic heterocycles. The molecule has 0 amide bonds. The van der Waals surface area contributed by atoms with E-state index in [4.69, 9.17) is 16.3 Å². The molecule has 3 heteroatoms. The molecule has 0 N–H and O–H groups in total. The topological polar surface area (TPSA) is 26.3 Å². The van der Waals surface area contributed by atoms with Crippen LogP contribution >= 0.6 is 11.6 Å². The molecule has 3 atom stereocenters. The number of fused-ring (bicyclic) bond motifs is 2. The normalized spacial score (nSPS) is 28.6. The van der Waals surface area contributed by atoms with Crippen molar-refractivity contribution in [3.8, 4) is 5.75 Å².